The molecule has 0 N–H and O–H groups in total. The minimum atomic E-state index is -0.898. The first kappa shape index (κ1) is 19.7. The van der Waals surface area contributed by atoms with Crippen molar-refractivity contribution in [3.8, 4) is 6.07 Å². The number of nitriles is 1. The van der Waals surface area contributed by atoms with E-state index >= 15 is 0 Å². The number of carbonyl (C=O) groups excluding carboxylic acids is 2. The van der Waals surface area contributed by atoms with E-state index in [1.807, 2.05) is 6.07 Å². The lowest BCUT2D eigenvalue weighted by Gasteiger charge is -2.24. The highest BCUT2D eigenvalue weighted by Crippen LogP contribution is 2.37. The summed E-state index contributed by atoms with van der Waals surface area (Å²) < 4.78 is 9.44. The van der Waals surface area contributed by atoms with E-state index in [4.69, 9.17) is 21.1 Å². The summed E-state index contributed by atoms with van der Waals surface area (Å²) in [5, 5.41) is 20.3. The maximum atomic E-state index is 12.4. The van der Waals surface area contributed by atoms with Gasteiger partial charge >= 0.3 is 11.9 Å². The highest BCUT2D eigenvalue weighted by Gasteiger charge is 2.30. The Morgan fingerprint density at radius 1 is 1.22 bits per heavy atom. The first-order valence-electron chi connectivity index (χ1n) is 7.28. The van der Waals surface area contributed by atoms with Crippen LogP contribution in [-0.2, 0) is 19.1 Å². The Kier molecular flexibility index (Phi) is 5.95. The summed E-state index contributed by atoms with van der Waals surface area (Å²) in [6, 6.07) is 3.86. The number of nitro benzene ring substituents is 1. The molecular weight excluding hydrogens is 378 g/mol. The third-order valence-corrected chi connectivity index (χ3v) is 3.80. The summed E-state index contributed by atoms with van der Waals surface area (Å²) in [7, 11) is 2.25. The van der Waals surface area contributed by atoms with Crippen molar-refractivity contribution in [3.63, 3.8) is 0 Å². The van der Waals surface area contributed by atoms with Crippen LogP contribution in [-0.4, -0.2) is 31.1 Å². The van der Waals surface area contributed by atoms with Crippen molar-refractivity contribution in [2.24, 2.45) is 0 Å². The zero-order valence-corrected chi connectivity index (χ0v) is 14.9. The second-order valence-electron chi connectivity index (χ2n) is 5.01. The zero-order valence-electron chi connectivity index (χ0n) is 14.1. The van der Waals surface area contributed by atoms with Crippen LogP contribution < -0.4 is 4.90 Å². The maximum Gasteiger partial charge on any atom is 0.355 e. The van der Waals surface area contributed by atoms with E-state index in [-0.39, 0.29) is 27.5 Å². The molecule has 0 saturated heterocycles. The van der Waals surface area contributed by atoms with Crippen LogP contribution >= 0.6 is 11.6 Å². The molecule has 0 aliphatic carbocycles. The molecule has 10 heteroatoms. The number of nitro groups is 1. The van der Waals surface area contributed by atoms with Crippen LogP contribution in [0.2, 0.25) is 5.02 Å². The average molecular weight is 390 g/mol. The predicted octanol–water partition coefficient (Wildman–Crippen LogP) is 2.61. The van der Waals surface area contributed by atoms with E-state index in [1.54, 1.807) is 0 Å². The van der Waals surface area contributed by atoms with Gasteiger partial charge in [0, 0.05) is 18.3 Å². The molecule has 2 rings (SSSR count). The fraction of sp³-hybridized carbons (Fsp3) is 0.118. The van der Waals surface area contributed by atoms with Gasteiger partial charge in [0.05, 0.1) is 41.0 Å². The van der Waals surface area contributed by atoms with Crippen LogP contribution in [0.5, 0.6) is 0 Å². The van der Waals surface area contributed by atoms with Gasteiger partial charge in [0.2, 0.25) is 0 Å². The summed E-state index contributed by atoms with van der Waals surface area (Å²) in [4.78, 5) is 36.0. The number of rotatable bonds is 4. The van der Waals surface area contributed by atoms with Gasteiger partial charge in [-0.2, -0.15) is 5.26 Å². The summed E-state index contributed by atoms with van der Waals surface area (Å²) in [5.74, 6) is -1.72. The molecule has 0 aromatic heterocycles. The molecule has 0 bridgehead atoms. The van der Waals surface area contributed by atoms with E-state index in [1.165, 1.54) is 24.4 Å². The number of benzene rings is 1. The number of methoxy groups -OCH3 is 2. The molecule has 0 radical (unpaired) electrons. The molecule has 27 heavy (non-hydrogen) atoms. The molecular formula is C17H12ClN3O6. The largest absolute Gasteiger partial charge is 0.465 e. The van der Waals surface area contributed by atoms with Gasteiger partial charge in [-0.05, 0) is 12.2 Å². The average Bonchev–Trinajstić information content (AvgIpc) is 2.88. The van der Waals surface area contributed by atoms with Gasteiger partial charge < -0.3 is 14.4 Å². The predicted molar refractivity (Wildman–Crippen MR) is 94.6 cm³/mol. The fourth-order valence-corrected chi connectivity index (χ4v) is 2.66. The molecule has 0 atom stereocenters. The molecule has 1 aliphatic heterocycles. The number of hydrogen-bond donors (Lipinski definition) is 0. The van der Waals surface area contributed by atoms with Crippen molar-refractivity contribution < 1.29 is 24.0 Å². The van der Waals surface area contributed by atoms with Gasteiger partial charge in [-0.1, -0.05) is 17.7 Å². The fourth-order valence-electron chi connectivity index (χ4n) is 2.36. The van der Waals surface area contributed by atoms with Gasteiger partial charge in [-0.15, -0.1) is 0 Å². The number of esters is 2. The highest BCUT2D eigenvalue weighted by molar-refractivity contribution is 6.34. The standard InChI is InChI=1S/C17H12ClN3O6/c1-26-16(22)12-5-3-4-6-20(15(12)17(23)27-2)14-10(9-19)7-11(21(24)25)8-13(14)18/h3-8H,1-2H3. The van der Waals surface area contributed by atoms with Crippen molar-refractivity contribution in [2.75, 3.05) is 19.1 Å². The summed E-state index contributed by atoms with van der Waals surface area (Å²) >= 11 is 6.18. The Balaban J connectivity index is 2.83. The molecule has 0 fully saturated rings. The van der Waals surface area contributed by atoms with Crippen LogP contribution in [0.4, 0.5) is 11.4 Å². The summed E-state index contributed by atoms with van der Waals surface area (Å²) in [6.45, 7) is 0. The molecule has 0 amide bonds. The summed E-state index contributed by atoms with van der Waals surface area (Å²) in [5.41, 5.74) is -0.999. The zero-order chi connectivity index (χ0) is 20.1. The maximum absolute atomic E-state index is 12.4. The van der Waals surface area contributed by atoms with Crippen LogP contribution in [0, 0.1) is 21.4 Å². The number of hydrogen-bond acceptors (Lipinski definition) is 8. The van der Waals surface area contributed by atoms with Crippen molar-refractivity contribution in [1.82, 2.24) is 0 Å². The molecule has 138 valence electrons. The molecule has 1 aliphatic rings. The molecule has 1 heterocycles. The Morgan fingerprint density at radius 3 is 2.44 bits per heavy atom. The smallest absolute Gasteiger partial charge is 0.355 e. The van der Waals surface area contributed by atoms with Crippen LogP contribution in [0.15, 0.2) is 47.8 Å². The van der Waals surface area contributed by atoms with E-state index < -0.39 is 22.5 Å². The molecule has 1 aromatic rings. The molecule has 1 aromatic carbocycles. The first-order valence-corrected chi connectivity index (χ1v) is 7.66. The Bertz CT molecular complexity index is 958. The molecule has 0 saturated carbocycles. The Morgan fingerprint density at radius 2 is 1.89 bits per heavy atom. The number of ether oxygens (including phenoxy) is 2. The van der Waals surface area contributed by atoms with Crippen molar-refractivity contribution in [1.29, 1.82) is 5.26 Å². The number of anilines is 1. The number of allylic oxidation sites excluding steroid dienone is 2. The van der Waals surface area contributed by atoms with Gasteiger partial charge in [-0.25, -0.2) is 9.59 Å². The SMILES string of the molecule is COC(=O)C1=C(C(=O)OC)N(c2c(Cl)cc([N+](=O)[O-])cc2C#N)C=CC=C1. The lowest BCUT2D eigenvalue weighted by molar-refractivity contribution is -0.384. The molecule has 0 spiro atoms. The summed E-state index contributed by atoms with van der Waals surface area (Å²) in [6.07, 6.45) is 5.66. The quantitative estimate of drug-likeness (QED) is 0.437. The number of nitrogens with zero attached hydrogens (tertiary/aromatic N) is 3. The van der Waals surface area contributed by atoms with Gasteiger partial charge in [0.1, 0.15) is 11.8 Å². The minimum absolute atomic E-state index is 0.0217. The lowest BCUT2D eigenvalue weighted by Crippen LogP contribution is -2.27. The normalized spacial score (nSPS) is 13.0. The van der Waals surface area contributed by atoms with E-state index in [2.05, 4.69) is 0 Å². The first-order chi connectivity index (χ1) is 12.8. The number of non-ortho nitro benzene ring substituents is 1. The number of halogens is 1. The van der Waals surface area contributed by atoms with E-state index in [9.17, 15) is 25.0 Å². The van der Waals surface area contributed by atoms with Crippen LogP contribution in [0.1, 0.15) is 5.56 Å². The molecule has 0 unspecified atom stereocenters. The second kappa shape index (κ2) is 8.16. The van der Waals surface area contributed by atoms with Crippen molar-refractivity contribution >= 4 is 34.9 Å². The lowest BCUT2D eigenvalue weighted by atomic mass is 10.1. The minimum Gasteiger partial charge on any atom is -0.465 e. The second-order valence-corrected chi connectivity index (χ2v) is 5.42. The molecule has 9 nitrogen and oxygen atoms in total. The Hall–Kier alpha value is -3.64. The topological polar surface area (TPSA) is 123 Å². The van der Waals surface area contributed by atoms with Crippen molar-refractivity contribution in [3.05, 3.63) is 68.5 Å². The van der Waals surface area contributed by atoms with Crippen LogP contribution in [0.25, 0.3) is 0 Å². The van der Waals surface area contributed by atoms with E-state index in [0.717, 1.165) is 31.3 Å². The highest BCUT2D eigenvalue weighted by atomic mass is 35.5. The third-order valence-electron chi connectivity index (χ3n) is 3.51. The van der Waals surface area contributed by atoms with Gasteiger partial charge in [-0.3, -0.25) is 10.1 Å². The van der Waals surface area contributed by atoms with E-state index in [0.29, 0.717) is 0 Å². The monoisotopic (exact) mass is 389 g/mol. The van der Waals surface area contributed by atoms with Gasteiger partial charge in [0.15, 0.2) is 0 Å². The van der Waals surface area contributed by atoms with Gasteiger partial charge in [0.25, 0.3) is 5.69 Å². The number of carbonyl (C=O) groups is 2. The van der Waals surface area contributed by atoms with Crippen molar-refractivity contribution in [2.45, 2.75) is 0 Å². The third kappa shape index (κ3) is 3.80. The van der Waals surface area contributed by atoms with Crippen LogP contribution in [0.3, 0.4) is 0 Å². The Labute approximate surface area is 158 Å².